The van der Waals surface area contributed by atoms with Crippen molar-refractivity contribution in [1.29, 1.82) is 0 Å². The molecule has 3 aromatic rings. The fraction of sp³-hybridized carbons (Fsp3) is 0.536. The van der Waals surface area contributed by atoms with Crippen molar-refractivity contribution in [2.45, 2.75) is 70.1 Å². The average molecular weight is 505 g/mol. The zero-order valence-electron chi connectivity index (χ0n) is 21.4. The number of ether oxygens (including phenoxy) is 1. The molecule has 2 aliphatic carbocycles. The molecule has 0 spiro atoms. The summed E-state index contributed by atoms with van der Waals surface area (Å²) < 4.78 is 7.37. The molecule has 2 saturated carbocycles. The van der Waals surface area contributed by atoms with Gasteiger partial charge in [-0.3, -0.25) is 4.79 Å². The lowest BCUT2D eigenvalue weighted by Crippen LogP contribution is -2.28. The maximum atomic E-state index is 12.6. The van der Waals surface area contributed by atoms with Gasteiger partial charge in [0, 0.05) is 43.0 Å². The summed E-state index contributed by atoms with van der Waals surface area (Å²) in [7, 11) is 0. The summed E-state index contributed by atoms with van der Waals surface area (Å²) in [5.74, 6) is 2.14. The molecular weight excluding hydrogens is 468 g/mol. The van der Waals surface area contributed by atoms with Gasteiger partial charge < -0.3 is 25.8 Å². The van der Waals surface area contributed by atoms with E-state index in [0.29, 0.717) is 17.5 Å². The minimum atomic E-state index is -0.363. The Labute approximate surface area is 217 Å². The minimum Gasteiger partial charge on any atom is -0.391 e. The van der Waals surface area contributed by atoms with Crippen molar-refractivity contribution in [2.75, 3.05) is 30.4 Å². The topological polar surface area (TPSA) is 113 Å². The van der Waals surface area contributed by atoms with Gasteiger partial charge in [0.15, 0.2) is 5.65 Å². The van der Waals surface area contributed by atoms with Gasteiger partial charge in [0.1, 0.15) is 11.6 Å². The van der Waals surface area contributed by atoms with Crippen molar-refractivity contribution >= 4 is 23.2 Å². The number of aryl methyl sites for hydroxylation is 1. The van der Waals surface area contributed by atoms with Gasteiger partial charge in [-0.25, -0.2) is 4.98 Å². The van der Waals surface area contributed by atoms with Crippen LogP contribution in [0.4, 0.5) is 11.6 Å². The van der Waals surface area contributed by atoms with Crippen LogP contribution >= 0.6 is 0 Å². The third kappa shape index (κ3) is 5.29. The third-order valence-corrected chi connectivity index (χ3v) is 7.89. The van der Waals surface area contributed by atoms with E-state index in [9.17, 15) is 9.90 Å². The second-order valence-corrected chi connectivity index (χ2v) is 10.8. The van der Waals surface area contributed by atoms with Crippen LogP contribution in [0.25, 0.3) is 16.8 Å². The van der Waals surface area contributed by atoms with E-state index < -0.39 is 0 Å². The van der Waals surface area contributed by atoms with Gasteiger partial charge in [-0.2, -0.15) is 9.61 Å². The van der Waals surface area contributed by atoms with Crippen molar-refractivity contribution in [3.63, 3.8) is 0 Å². The third-order valence-electron chi connectivity index (χ3n) is 7.89. The van der Waals surface area contributed by atoms with Crippen LogP contribution in [0.3, 0.4) is 0 Å². The van der Waals surface area contributed by atoms with Crippen LogP contribution in [0.15, 0.2) is 30.5 Å². The van der Waals surface area contributed by atoms with E-state index in [-0.39, 0.29) is 18.1 Å². The van der Waals surface area contributed by atoms with E-state index in [4.69, 9.17) is 14.8 Å². The summed E-state index contributed by atoms with van der Waals surface area (Å²) >= 11 is 0. The molecule has 4 N–H and O–H groups in total. The molecule has 1 aromatic carbocycles. The van der Waals surface area contributed by atoms with Gasteiger partial charge in [-0.05, 0) is 75.0 Å². The molecule has 0 bridgehead atoms. The highest BCUT2D eigenvalue weighted by Crippen LogP contribution is 2.31. The highest BCUT2D eigenvalue weighted by Gasteiger charge is 2.27. The van der Waals surface area contributed by atoms with E-state index in [2.05, 4.69) is 16.0 Å². The van der Waals surface area contributed by atoms with E-state index in [1.54, 1.807) is 0 Å². The molecule has 0 radical (unpaired) electrons. The summed E-state index contributed by atoms with van der Waals surface area (Å²) in [5.41, 5.74) is 4.24. The molecule has 2 atom stereocenters. The predicted octanol–water partition coefficient (Wildman–Crippen LogP) is 3.76. The maximum Gasteiger partial charge on any atom is 0.251 e. The Morgan fingerprint density at radius 3 is 2.70 bits per heavy atom. The molecule has 6 rings (SSSR count). The molecule has 2 aromatic heterocycles. The second-order valence-electron chi connectivity index (χ2n) is 10.8. The number of aromatic nitrogens is 3. The monoisotopic (exact) mass is 504 g/mol. The van der Waals surface area contributed by atoms with Gasteiger partial charge in [0.05, 0.1) is 18.3 Å². The van der Waals surface area contributed by atoms with Gasteiger partial charge in [0.2, 0.25) is 0 Å². The number of carbonyl (C=O) groups excluding carboxylic acids is 1. The Bertz CT molecular complexity index is 1280. The number of fused-ring (bicyclic) bond motifs is 1. The molecule has 37 heavy (non-hydrogen) atoms. The van der Waals surface area contributed by atoms with Crippen LogP contribution < -0.4 is 16.0 Å². The summed E-state index contributed by atoms with van der Waals surface area (Å²) in [5, 5.41) is 25.2. The van der Waals surface area contributed by atoms with E-state index in [1.807, 2.05) is 41.9 Å². The number of nitrogens with zero attached hydrogens (tertiary/aromatic N) is 3. The van der Waals surface area contributed by atoms with Gasteiger partial charge in [-0.15, -0.1) is 0 Å². The van der Waals surface area contributed by atoms with Crippen LogP contribution in [0.2, 0.25) is 0 Å². The molecule has 1 saturated heterocycles. The molecule has 9 heteroatoms. The Kier molecular flexibility index (Phi) is 6.73. The van der Waals surface area contributed by atoms with Crippen LogP contribution in [-0.4, -0.2) is 63.6 Å². The first-order chi connectivity index (χ1) is 18.0. The van der Waals surface area contributed by atoms with E-state index in [1.165, 1.54) is 0 Å². The molecule has 3 heterocycles. The van der Waals surface area contributed by atoms with E-state index >= 15 is 0 Å². The fourth-order valence-electron chi connectivity index (χ4n) is 5.44. The van der Waals surface area contributed by atoms with Gasteiger partial charge in [0.25, 0.3) is 5.91 Å². The maximum absolute atomic E-state index is 12.6. The number of nitrogens with one attached hydrogen (secondary N) is 3. The quantitative estimate of drug-likeness (QED) is 0.369. The summed E-state index contributed by atoms with van der Waals surface area (Å²) in [6, 6.07) is 8.22. The molecule has 3 aliphatic rings. The number of aliphatic hydroxyl groups excluding tert-OH is 1. The van der Waals surface area contributed by atoms with Crippen molar-refractivity contribution in [3.8, 4) is 11.1 Å². The number of rotatable bonds is 8. The van der Waals surface area contributed by atoms with Crippen molar-refractivity contribution < 1.29 is 14.6 Å². The molecule has 196 valence electrons. The predicted molar refractivity (Wildman–Crippen MR) is 143 cm³/mol. The Morgan fingerprint density at radius 2 is 1.97 bits per heavy atom. The van der Waals surface area contributed by atoms with E-state index in [0.717, 1.165) is 98.7 Å². The highest BCUT2D eigenvalue weighted by molar-refractivity contribution is 5.97. The summed E-state index contributed by atoms with van der Waals surface area (Å²) in [6.45, 7) is 4.43. The number of aliphatic hydroxyl groups is 1. The number of hydrogen-bond acceptors (Lipinski definition) is 7. The number of amides is 1. The molecule has 9 nitrogen and oxygen atoms in total. The number of hydrogen-bond donors (Lipinski definition) is 4. The zero-order chi connectivity index (χ0) is 25.4. The molecule has 1 amide bonds. The van der Waals surface area contributed by atoms with Crippen molar-refractivity contribution in [1.82, 2.24) is 19.9 Å². The first-order valence-corrected chi connectivity index (χ1v) is 13.6. The molecule has 0 unspecified atom stereocenters. The number of carbonyl (C=O) groups is 1. The molecule has 3 fully saturated rings. The Balaban J connectivity index is 1.32. The second kappa shape index (κ2) is 10.3. The summed E-state index contributed by atoms with van der Waals surface area (Å²) in [4.78, 5) is 17.6. The first-order valence-electron chi connectivity index (χ1n) is 13.6. The SMILES string of the molecule is Cc1cc(-c2cnn3c(NCC4CCOCC4)cc(N[C@H]4CCC[C@H]4O)nc23)ccc1C(=O)NC1CC1. The minimum absolute atomic E-state index is 0.00354. The normalized spacial score (nSPS) is 22.3. The van der Waals surface area contributed by atoms with Crippen molar-refractivity contribution in [3.05, 3.63) is 41.6 Å². The Morgan fingerprint density at radius 1 is 1.14 bits per heavy atom. The average Bonchev–Trinajstić information content (AvgIpc) is 3.47. The summed E-state index contributed by atoms with van der Waals surface area (Å²) in [6.07, 6.45) is 8.45. The lowest BCUT2D eigenvalue weighted by Gasteiger charge is -2.23. The number of benzene rings is 1. The fourth-order valence-corrected chi connectivity index (χ4v) is 5.44. The van der Waals surface area contributed by atoms with Crippen LogP contribution in [0.5, 0.6) is 0 Å². The largest absolute Gasteiger partial charge is 0.391 e. The number of anilines is 2. The lowest BCUT2D eigenvalue weighted by molar-refractivity contribution is 0.0699. The standard InChI is InChI=1S/C28H36N6O3/c1-17-13-19(5-8-21(17)28(36)31-20-6-7-20)22-16-30-34-26(29-15-18-9-11-37-12-10-18)14-25(33-27(22)34)32-23-3-2-4-24(23)35/h5,8,13-14,16,18,20,23-24,29,35H,2-4,6-7,9-12,15H2,1H3,(H,31,36)(H,32,33)/t23-,24+/m0/s1. The lowest BCUT2D eigenvalue weighted by atomic mass is 10.0. The zero-order valence-corrected chi connectivity index (χ0v) is 21.4. The molecule has 1 aliphatic heterocycles. The van der Waals surface area contributed by atoms with Gasteiger partial charge in [-0.1, -0.05) is 12.1 Å². The van der Waals surface area contributed by atoms with Gasteiger partial charge >= 0.3 is 0 Å². The van der Waals surface area contributed by atoms with Crippen molar-refractivity contribution in [2.24, 2.45) is 5.92 Å². The Hall–Kier alpha value is -3.17. The van der Waals surface area contributed by atoms with Crippen LogP contribution in [-0.2, 0) is 4.74 Å². The smallest absolute Gasteiger partial charge is 0.251 e. The highest BCUT2D eigenvalue weighted by atomic mass is 16.5. The first kappa shape index (κ1) is 24.2. The van der Waals surface area contributed by atoms with Crippen LogP contribution in [0.1, 0.15) is 60.9 Å². The molecular formula is C28H36N6O3. The van der Waals surface area contributed by atoms with Crippen LogP contribution in [0, 0.1) is 12.8 Å².